The van der Waals surface area contributed by atoms with Gasteiger partial charge < -0.3 is 0 Å². The zero-order valence-corrected chi connectivity index (χ0v) is 17.8. The molecule has 0 aliphatic carbocycles. The molecule has 152 valence electrons. The number of aromatic nitrogens is 3. The van der Waals surface area contributed by atoms with Gasteiger partial charge >= 0.3 is 0 Å². The van der Waals surface area contributed by atoms with Crippen LogP contribution < -0.4 is 5.56 Å². The summed E-state index contributed by atoms with van der Waals surface area (Å²) < 4.78 is 28.4. The van der Waals surface area contributed by atoms with Crippen molar-refractivity contribution in [1.82, 2.24) is 19.1 Å². The van der Waals surface area contributed by atoms with Gasteiger partial charge in [0.15, 0.2) is 0 Å². The number of hydrogen-bond donors (Lipinski definition) is 0. The smallest absolute Gasteiger partial charge is 0.266 e. The van der Waals surface area contributed by atoms with Crippen LogP contribution in [-0.2, 0) is 16.4 Å². The van der Waals surface area contributed by atoms with Crippen LogP contribution in [0.3, 0.4) is 0 Å². The van der Waals surface area contributed by atoms with Crippen LogP contribution in [0, 0.1) is 0 Å². The zero-order chi connectivity index (χ0) is 21.0. The van der Waals surface area contributed by atoms with Crippen molar-refractivity contribution in [3.63, 3.8) is 0 Å². The van der Waals surface area contributed by atoms with Gasteiger partial charge in [-0.15, -0.1) is 0 Å². The fraction of sp³-hybridized carbons (Fsp3) is 0.211. The van der Waals surface area contributed by atoms with E-state index in [4.69, 9.17) is 23.2 Å². The van der Waals surface area contributed by atoms with Crippen molar-refractivity contribution in [1.29, 1.82) is 0 Å². The van der Waals surface area contributed by atoms with E-state index in [1.54, 1.807) is 13.1 Å². The normalized spacial score (nSPS) is 11.7. The predicted octanol–water partition coefficient (Wildman–Crippen LogP) is 3.19. The summed E-state index contributed by atoms with van der Waals surface area (Å²) in [6, 6.07) is 11.4. The average molecular weight is 453 g/mol. The highest BCUT2D eigenvalue weighted by molar-refractivity contribution is 7.89. The van der Waals surface area contributed by atoms with Crippen LogP contribution in [-0.4, -0.2) is 40.6 Å². The second-order valence-corrected chi connectivity index (χ2v) is 8.81. The molecule has 1 aromatic carbocycles. The van der Waals surface area contributed by atoms with E-state index in [1.165, 1.54) is 34.8 Å². The molecule has 0 atom stereocenters. The summed E-state index contributed by atoms with van der Waals surface area (Å²) in [5.74, 6) is 0. The third kappa shape index (κ3) is 4.67. The molecule has 2 heterocycles. The van der Waals surface area contributed by atoms with Gasteiger partial charge in [0, 0.05) is 31.4 Å². The lowest BCUT2D eigenvalue weighted by Crippen LogP contribution is -2.33. The topological polar surface area (TPSA) is 85.2 Å². The molecule has 2 aromatic heterocycles. The van der Waals surface area contributed by atoms with Crippen LogP contribution in [0.2, 0.25) is 10.0 Å². The van der Waals surface area contributed by atoms with Crippen LogP contribution in [0.15, 0.2) is 64.5 Å². The minimum atomic E-state index is -3.69. The van der Waals surface area contributed by atoms with E-state index in [0.29, 0.717) is 25.2 Å². The predicted molar refractivity (Wildman–Crippen MR) is 112 cm³/mol. The molecule has 0 radical (unpaired) electrons. The Kier molecular flexibility index (Phi) is 6.69. The van der Waals surface area contributed by atoms with Crippen molar-refractivity contribution >= 4 is 33.2 Å². The van der Waals surface area contributed by atoms with Gasteiger partial charge in [-0.3, -0.25) is 9.78 Å². The SMILES string of the molecule is CCN(CCc1ccccn1)S(=O)(=O)c1ccc(-n2ncc(Cl)c(Cl)c2=O)cc1. The van der Waals surface area contributed by atoms with E-state index >= 15 is 0 Å². The number of pyridine rings is 1. The number of halogens is 2. The molecule has 3 aromatic rings. The molecule has 0 aliphatic rings. The lowest BCUT2D eigenvalue weighted by Gasteiger charge is -2.20. The second-order valence-electron chi connectivity index (χ2n) is 6.09. The average Bonchev–Trinajstić information content (AvgIpc) is 2.73. The third-order valence-electron chi connectivity index (χ3n) is 4.29. The molecule has 0 spiro atoms. The van der Waals surface area contributed by atoms with Gasteiger partial charge in [-0.1, -0.05) is 36.2 Å². The second kappa shape index (κ2) is 9.04. The van der Waals surface area contributed by atoms with Gasteiger partial charge in [0.2, 0.25) is 10.0 Å². The molecule has 0 unspecified atom stereocenters. The Bertz CT molecular complexity index is 1150. The summed E-state index contributed by atoms with van der Waals surface area (Å²) in [4.78, 5) is 16.5. The first-order valence-electron chi connectivity index (χ1n) is 8.78. The Morgan fingerprint density at radius 2 is 1.83 bits per heavy atom. The van der Waals surface area contributed by atoms with E-state index < -0.39 is 15.6 Å². The van der Waals surface area contributed by atoms with Crippen molar-refractivity contribution in [2.45, 2.75) is 18.2 Å². The minimum Gasteiger partial charge on any atom is -0.266 e. The van der Waals surface area contributed by atoms with Gasteiger partial charge in [0.25, 0.3) is 5.56 Å². The maximum Gasteiger partial charge on any atom is 0.291 e. The van der Waals surface area contributed by atoms with E-state index in [-0.39, 0.29) is 14.9 Å². The summed E-state index contributed by atoms with van der Waals surface area (Å²) in [6.07, 6.45) is 3.44. The van der Waals surface area contributed by atoms with Gasteiger partial charge in [-0.2, -0.15) is 14.1 Å². The number of benzene rings is 1. The van der Waals surface area contributed by atoms with Crippen molar-refractivity contribution in [2.75, 3.05) is 13.1 Å². The highest BCUT2D eigenvalue weighted by Gasteiger charge is 2.23. The van der Waals surface area contributed by atoms with Crippen molar-refractivity contribution in [3.05, 3.63) is 81.0 Å². The molecule has 0 saturated carbocycles. The Labute approximate surface area is 178 Å². The maximum atomic E-state index is 13.0. The highest BCUT2D eigenvalue weighted by Crippen LogP contribution is 2.19. The fourth-order valence-electron chi connectivity index (χ4n) is 2.74. The summed E-state index contributed by atoms with van der Waals surface area (Å²) in [5, 5.41) is 3.84. The summed E-state index contributed by atoms with van der Waals surface area (Å²) in [5.41, 5.74) is 0.617. The van der Waals surface area contributed by atoms with Crippen molar-refractivity contribution in [3.8, 4) is 5.69 Å². The maximum absolute atomic E-state index is 13.0. The molecule has 3 rings (SSSR count). The Morgan fingerprint density at radius 3 is 2.45 bits per heavy atom. The first kappa shape index (κ1) is 21.4. The lowest BCUT2D eigenvalue weighted by atomic mass is 10.3. The van der Waals surface area contributed by atoms with E-state index in [0.717, 1.165) is 10.4 Å². The molecule has 0 bridgehead atoms. The monoisotopic (exact) mass is 452 g/mol. The number of nitrogens with zero attached hydrogens (tertiary/aromatic N) is 4. The Morgan fingerprint density at radius 1 is 1.10 bits per heavy atom. The first-order valence-corrected chi connectivity index (χ1v) is 11.0. The molecular weight excluding hydrogens is 435 g/mol. The van der Waals surface area contributed by atoms with Crippen LogP contribution in [0.4, 0.5) is 0 Å². The Hall–Kier alpha value is -2.26. The number of hydrogen-bond acceptors (Lipinski definition) is 5. The Balaban J connectivity index is 1.83. The van der Waals surface area contributed by atoms with Gasteiger partial charge in [0.05, 0.1) is 21.8 Å². The van der Waals surface area contributed by atoms with E-state index in [2.05, 4.69) is 10.1 Å². The largest absolute Gasteiger partial charge is 0.291 e. The van der Waals surface area contributed by atoms with Crippen molar-refractivity contribution < 1.29 is 8.42 Å². The van der Waals surface area contributed by atoms with Gasteiger partial charge in [-0.25, -0.2) is 8.42 Å². The number of likely N-dealkylation sites (N-methyl/N-ethyl adjacent to an activating group) is 1. The van der Waals surface area contributed by atoms with Crippen molar-refractivity contribution in [2.24, 2.45) is 0 Å². The molecule has 0 saturated heterocycles. The standard InChI is InChI=1S/C19H18Cl2N4O3S/c1-2-24(12-10-14-5-3-4-11-22-14)29(27,28)16-8-6-15(7-9-16)25-19(26)18(21)17(20)13-23-25/h3-9,11,13H,2,10,12H2,1H3. The molecule has 29 heavy (non-hydrogen) atoms. The number of sulfonamides is 1. The first-order chi connectivity index (χ1) is 13.8. The van der Waals surface area contributed by atoms with Crippen LogP contribution >= 0.6 is 23.2 Å². The van der Waals surface area contributed by atoms with Gasteiger partial charge in [-0.05, 0) is 36.4 Å². The van der Waals surface area contributed by atoms with Gasteiger partial charge in [0.1, 0.15) is 5.02 Å². The third-order valence-corrected chi connectivity index (χ3v) is 7.03. The molecule has 0 amide bonds. The molecule has 10 heteroatoms. The molecule has 0 fully saturated rings. The zero-order valence-electron chi connectivity index (χ0n) is 15.5. The molecule has 0 N–H and O–H groups in total. The van der Waals surface area contributed by atoms with Crippen LogP contribution in [0.25, 0.3) is 5.69 Å². The molecule has 0 aliphatic heterocycles. The van der Waals surface area contributed by atoms with Crippen LogP contribution in [0.5, 0.6) is 0 Å². The molecule has 7 nitrogen and oxygen atoms in total. The highest BCUT2D eigenvalue weighted by atomic mass is 35.5. The molecular formula is C19H18Cl2N4O3S. The summed E-state index contributed by atoms with van der Waals surface area (Å²) >= 11 is 11.7. The summed E-state index contributed by atoms with van der Waals surface area (Å²) in [7, 11) is -3.69. The quantitative estimate of drug-likeness (QED) is 0.549. The van der Waals surface area contributed by atoms with Crippen LogP contribution in [0.1, 0.15) is 12.6 Å². The number of rotatable bonds is 7. The lowest BCUT2D eigenvalue weighted by molar-refractivity contribution is 0.429. The fourth-order valence-corrected chi connectivity index (χ4v) is 4.44. The van der Waals surface area contributed by atoms with E-state index in [9.17, 15) is 13.2 Å². The van der Waals surface area contributed by atoms with E-state index in [1.807, 2.05) is 18.2 Å². The summed E-state index contributed by atoms with van der Waals surface area (Å²) in [6.45, 7) is 2.42. The minimum absolute atomic E-state index is 0.0543.